The molecule has 2 heterocycles. The number of aryl methyl sites for hydroxylation is 3. The number of nitrogens with zero attached hydrogens (tertiary/aromatic N) is 4. The molecule has 1 aromatic carbocycles. The van der Waals surface area contributed by atoms with E-state index in [0.29, 0.717) is 12.1 Å². The summed E-state index contributed by atoms with van der Waals surface area (Å²) in [6.07, 6.45) is 5.57. The van der Waals surface area contributed by atoms with Gasteiger partial charge in [-0.1, -0.05) is 19.1 Å². The number of rotatable bonds is 7. The summed E-state index contributed by atoms with van der Waals surface area (Å²) >= 11 is 0. The lowest BCUT2D eigenvalue weighted by atomic mass is 10.1. The summed E-state index contributed by atoms with van der Waals surface area (Å²) in [4.78, 5) is 16.7. The van der Waals surface area contributed by atoms with Gasteiger partial charge in [0.15, 0.2) is 0 Å². The van der Waals surface area contributed by atoms with E-state index in [0.717, 1.165) is 42.2 Å². The third-order valence-electron chi connectivity index (χ3n) is 4.20. The first-order chi connectivity index (χ1) is 12.7. The largest absolute Gasteiger partial charge is 0.352 e. The standard InChI is InChI=1S/C20H23N5O/c1-3-19-21-11-13-25(19)12-5-10-22-20(26)17-7-4-6-16(14-17)18-9-8-15(2)23-24-18/h4,6-9,11,13-14H,3,5,10,12H2,1-2H3,(H,22,26). The Morgan fingerprint density at radius 2 is 2.08 bits per heavy atom. The van der Waals surface area contributed by atoms with Gasteiger partial charge in [0.1, 0.15) is 5.82 Å². The van der Waals surface area contributed by atoms with Gasteiger partial charge >= 0.3 is 0 Å². The fraction of sp³-hybridized carbons (Fsp3) is 0.300. The molecule has 0 spiro atoms. The highest BCUT2D eigenvalue weighted by Gasteiger charge is 2.08. The van der Waals surface area contributed by atoms with Gasteiger partial charge in [-0.15, -0.1) is 0 Å². The molecule has 134 valence electrons. The fourth-order valence-corrected chi connectivity index (χ4v) is 2.78. The van der Waals surface area contributed by atoms with Crippen molar-refractivity contribution < 1.29 is 4.79 Å². The van der Waals surface area contributed by atoms with E-state index in [9.17, 15) is 4.79 Å². The predicted octanol–water partition coefficient (Wildman–Crippen LogP) is 3.03. The van der Waals surface area contributed by atoms with Crippen LogP contribution in [0.3, 0.4) is 0 Å². The van der Waals surface area contributed by atoms with Crippen LogP contribution in [0, 0.1) is 6.92 Å². The molecule has 0 saturated carbocycles. The molecule has 0 bridgehead atoms. The minimum absolute atomic E-state index is 0.0757. The van der Waals surface area contributed by atoms with Gasteiger partial charge in [-0.25, -0.2) is 4.98 Å². The Bertz CT molecular complexity index is 870. The van der Waals surface area contributed by atoms with Gasteiger partial charge in [0.05, 0.1) is 11.4 Å². The maximum atomic E-state index is 12.4. The highest BCUT2D eigenvalue weighted by atomic mass is 16.1. The van der Waals surface area contributed by atoms with Crippen LogP contribution in [0.4, 0.5) is 0 Å². The van der Waals surface area contributed by atoms with Crippen molar-refractivity contribution in [1.82, 2.24) is 25.1 Å². The minimum Gasteiger partial charge on any atom is -0.352 e. The van der Waals surface area contributed by atoms with Crippen molar-refractivity contribution in [3.8, 4) is 11.3 Å². The van der Waals surface area contributed by atoms with Crippen molar-refractivity contribution in [2.45, 2.75) is 33.2 Å². The van der Waals surface area contributed by atoms with Gasteiger partial charge in [0.2, 0.25) is 0 Å². The Balaban J connectivity index is 1.56. The van der Waals surface area contributed by atoms with Gasteiger partial charge in [0, 0.05) is 43.0 Å². The van der Waals surface area contributed by atoms with Crippen molar-refractivity contribution in [1.29, 1.82) is 0 Å². The number of hydrogen-bond acceptors (Lipinski definition) is 4. The molecule has 0 atom stereocenters. The minimum atomic E-state index is -0.0757. The van der Waals surface area contributed by atoms with Gasteiger partial charge in [0.25, 0.3) is 5.91 Å². The molecule has 6 heteroatoms. The summed E-state index contributed by atoms with van der Waals surface area (Å²) in [5, 5.41) is 11.2. The highest BCUT2D eigenvalue weighted by Crippen LogP contribution is 2.17. The molecule has 3 aromatic rings. The number of carbonyl (C=O) groups excluding carboxylic acids is 1. The third-order valence-corrected chi connectivity index (χ3v) is 4.20. The number of nitrogens with one attached hydrogen (secondary N) is 1. The van der Waals surface area contributed by atoms with Crippen LogP contribution in [0.15, 0.2) is 48.8 Å². The SMILES string of the molecule is CCc1nccn1CCCNC(=O)c1cccc(-c2ccc(C)nn2)c1. The Labute approximate surface area is 153 Å². The van der Waals surface area contributed by atoms with E-state index in [2.05, 4.69) is 32.0 Å². The molecule has 0 fully saturated rings. The Morgan fingerprint density at radius 3 is 2.85 bits per heavy atom. The zero-order chi connectivity index (χ0) is 18.4. The lowest BCUT2D eigenvalue weighted by Gasteiger charge is -2.09. The summed E-state index contributed by atoms with van der Waals surface area (Å²) in [6.45, 7) is 5.46. The highest BCUT2D eigenvalue weighted by molar-refractivity contribution is 5.95. The normalized spacial score (nSPS) is 10.7. The Hall–Kier alpha value is -3.02. The zero-order valence-corrected chi connectivity index (χ0v) is 15.1. The quantitative estimate of drug-likeness (QED) is 0.666. The second kappa shape index (κ2) is 8.38. The van der Waals surface area contributed by atoms with E-state index in [1.807, 2.05) is 55.7 Å². The summed E-state index contributed by atoms with van der Waals surface area (Å²) in [5.41, 5.74) is 3.14. The van der Waals surface area contributed by atoms with E-state index < -0.39 is 0 Å². The van der Waals surface area contributed by atoms with Crippen LogP contribution in [-0.2, 0) is 13.0 Å². The van der Waals surface area contributed by atoms with E-state index in [4.69, 9.17) is 0 Å². The number of amides is 1. The van der Waals surface area contributed by atoms with Crippen molar-refractivity contribution in [3.63, 3.8) is 0 Å². The van der Waals surface area contributed by atoms with E-state index in [1.54, 1.807) is 0 Å². The number of benzene rings is 1. The predicted molar refractivity (Wildman–Crippen MR) is 101 cm³/mol. The number of hydrogen-bond donors (Lipinski definition) is 1. The summed E-state index contributed by atoms with van der Waals surface area (Å²) in [5.74, 6) is 0.997. The van der Waals surface area contributed by atoms with Gasteiger partial charge in [-0.2, -0.15) is 10.2 Å². The first kappa shape index (κ1) is 17.8. The first-order valence-corrected chi connectivity index (χ1v) is 8.86. The molecule has 1 amide bonds. The second-order valence-electron chi connectivity index (χ2n) is 6.14. The molecule has 1 N–H and O–H groups in total. The van der Waals surface area contributed by atoms with Gasteiger partial charge in [-0.3, -0.25) is 4.79 Å². The van der Waals surface area contributed by atoms with E-state index >= 15 is 0 Å². The van der Waals surface area contributed by atoms with Crippen molar-refractivity contribution in [2.24, 2.45) is 0 Å². The van der Waals surface area contributed by atoms with Crippen LogP contribution < -0.4 is 5.32 Å². The summed E-state index contributed by atoms with van der Waals surface area (Å²) in [6, 6.07) is 11.3. The average molecular weight is 349 g/mol. The van der Waals surface area contributed by atoms with E-state index in [-0.39, 0.29) is 5.91 Å². The molecule has 0 unspecified atom stereocenters. The number of imidazole rings is 1. The molecule has 26 heavy (non-hydrogen) atoms. The lowest BCUT2D eigenvalue weighted by Crippen LogP contribution is -2.25. The van der Waals surface area contributed by atoms with Crippen molar-refractivity contribution >= 4 is 5.91 Å². The zero-order valence-electron chi connectivity index (χ0n) is 15.1. The molecule has 0 aliphatic carbocycles. The Morgan fingerprint density at radius 1 is 1.19 bits per heavy atom. The van der Waals surface area contributed by atoms with Crippen LogP contribution >= 0.6 is 0 Å². The lowest BCUT2D eigenvalue weighted by molar-refractivity contribution is 0.0952. The molecule has 0 aliphatic heterocycles. The molecule has 6 nitrogen and oxygen atoms in total. The molecule has 3 rings (SSSR count). The Kier molecular flexibility index (Phi) is 5.73. The monoisotopic (exact) mass is 349 g/mol. The summed E-state index contributed by atoms with van der Waals surface area (Å²) in [7, 11) is 0. The average Bonchev–Trinajstić information content (AvgIpc) is 3.13. The van der Waals surface area contributed by atoms with Gasteiger partial charge in [-0.05, 0) is 37.6 Å². The molecule has 2 aromatic heterocycles. The second-order valence-corrected chi connectivity index (χ2v) is 6.14. The van der Waals surface area contributed by atoms with Crippen molar-refractivity contribution in [2.75, 3.05) is 6.54 Å². The van der Waals surface area contributed by atoms with Crippen LogP contribution in [0.25, 0.3) is 11.3 Å². The van der Waals surface area contributed by atoms with Crippen LogP contribution in [0.5, 0.6) is 0 Å². The molecular weight excluding hydrogens is 326 g/mol. The maximum Gasteiger partial charge on any atom is 0.251 e. The molecule has 0 aliphatic rings. The number of aromatic nitrogens is 4. The number of carbonyl (C=O) groups is 1. The van der Waals surface area contributed by atoms with Crippen LogP contribution in [0.2, 0.25) is 0 Å². The topological polar surface area (TPSA) is 72.7 Å². The first-order valence-electron chi connectivity index (χ1n) is 8.86. The smallest absolute Gasteiger partial charge is 0.251 e. The third kappa shape index (κ3) is 4.33. The molecule has 0 radical (unpaired) electrons. The van der Waals surface area contributed by atoms with Crippen LogP contribution in [0.1, 0.15) is 35.2 Å². The van der Waals surface area contributed by atoms with E-state index in [1.165, 1.54) is 0 Å². The molecule has 0 saturated heterocycles. The molecular formula is C20H23N5O. The van der Waals surface area contributed by atoms with Crippen LogP contribution in [-0.4, -0.2) is 32.2 Å². The maximum absolute atomic E-state index is 12.4. The fourth-order valence-electron chi connectivity index (χ4n) is 2.78. The summed E-state index contributed by atoms with van der Waals surface area (Å²) < 4.78 is 2.13. The van der Waals surface area contributed by atoms with Crippen molar-refractivity contribution in [3.05, 3.63) is 65.9 Å². The van der Waals surface area contributed by atoms with Gasteiger partial charge < -0.3 is 9.88 Å².